The van der Waals surface area contributed by atoms with Gasteiger partial charge in [0.25, 0.3) is 0 Å². The van der Waals surface area contributed by atoms with Crippen molar-refractivity contribution >= 4 is 5.97 Å². The summed E-state index contributed by atoms with van der Waals surface area (Å²) < 4.78 is 10.5. The first-order valence-electron chi connectivity index (χ1n) is 5.64. The summed E-state index contributed by atoms with van der Waals surface area (Å²) in [6.45, 7) is 2.90. The summed E-state index contributed by atoms with van der Waals surface area (Å²) in [7, 11) is 0. The van der Waals surface area contributed by atoms with Gasteiger partial charge in [-0.05, 0) is 6.07 Å². The van der Waals surface area contributed by atoms with Crippen LogP contribution in [0.1, 0.15) is 34.7 Å². The van der Waals surface area contributed by atoms with E-state index >= 15 is 0 Å². The maximum Gasteiger partial charge on any atom is 0.338 e. The van der Waals surface area contributed by atoms with Crippen LogP contribution < -0.4 is 5.32 Å². The molecular weight excluding hydrogens is 236 g/mol. The van der Waals surface area contributed by atoms with Crippen molar-refractivity contribution in [1.29, 1.82) is 0 Å². The summed E-state index contributed by atoms with van der Waals surface area (Å²) >= 11 is 0. The van der Waals surface area contributed by atoms with E-state index in [4.69, 9.17) is 13.9 Å². The molecule has 96 valence electrons. The fourth-order valence-electron chi connectivity index (χ4n) is 1.47. The number of aromatic carboxylic acids is 1. The number of oxazole rings is 1. The normalized spacial score (nSPS) is 10.7. The fraction of sp³-hybridized carbons (Fsp3) is 0.333. The zero-order valence-electron chi connectivity index (χ0n) is 9.97. The van der Waals surface area contributed by atoms with E-state index in [0.717, 1.165) is 12.2 Å². The van der Waals surface area contributed by atoms with Crippen LogP contribution in [0, 0.1) is 0 Å². The van der Waals surface area contributed by atoms with Crippen LogP contribution in [-0.4, -0.2) is 16.1 Å². The minimum Gasteiger partial charge on any atom is -0.478 e. The van der Waals surface area contributed by atoms with Crippen molar-refractivity contribution in [3.63, 3.8) is 0 Å². The molecule has 2 heterocycles. The third kappa shape index (κ3) is 2.98. The van der Waals surface area contributed by atoms with Gasteiger partial charge in [0.2, 0.25) is 5.89 Å². The monoisotopic (exact) mass is 250 g/mol. The predicted molar refractivity (Wildman–Crippen MR) is 62.1 cm³/mol. The molecule has 18 heavy (non-hydrogen) atoms. The average Bonchev–Trinajstić information content (AvgIpc) is 2.97. The summed E-state index contributed by atoms with van der Waals surface area (Å²) in [5.74, 6) is 1.02. The van der Waals surface area contributed by atoms with Crippen LogP contribution in [0.4, 0.5) is 0 Å². The van der Waals surface area contributed by atoms with E-state index in [1.54, 1.807) is 6.20 Å². The van der Waals surface area contributed by atoms with Crippen molar-refractivity contribution in [2.75, 3.05) is 0 Å². The molecular formula is C12H14N2O4. The molecule has 0 amide bonds. The fourth-order valence-corrected chi connectivity index (χ4v) is 1.47. The van der Waals surface area contributed by atoms with Gasteiger partial charge in [0.15, 0.2) is 0 Å². The molecule has 2 aromatic heterocycles. The van der Waals surface area contributed by atoms with Gasteiger partial charge in [0.05, 0.1) is 24.8 Å². The molecule has 0 spiro atoms. The Morgan fingerprint density at radius 2 is 2.28 bits per heavy atom. The number of carboxylic acid groups (broad SMARTS) is 1. The largest absolute Gasteiger partial charge is 0.478 e. The third-order valence-corrected chi connectivity index (χ3v) is 2.43. The number of hydrogen-bond donors (Lipinski definition) is 2. The number of rotatable bonds is 6. The van der Waals surface area contributed by atoms with Gasteiger partial charge in [0.1, 0.15) is 17.8 Å². The number of furan rings is 1. The lowest BCUT2D eigenvalue weighted by Crippen LogP contribution is -2.12. The van der Waals surface area contributed by atoms with E-state index in [1.165, 1.54) is 12.3 Å². The highest BCUT2D eigenvalue weighted by molar-refractivity contribution is 5.87. The molecule has 2 N–H and O–H groups in total. The van der Waals surface area contributed by atoms with Crippen molar-refractivity contribution in [2.24, 2.45) is 0 Å². The highest BCUT2D eigenvalue weighted by Gasteiger charge is 2.08. The molecule has 0 aliphatic heterocycles. The lowest BCUT2D eigenvalue weighted by atomic mass is 10.3. The summed E-state index contributed by atoms with van der Waals surface area (Å²) in [5.41, 5.74) is 0.149. The number of carboxylic acids is 1. The summed E-state index contributed by atoms with van der Waals surface area (Å²) in [4.78, 5) is 14.7. The van der Waals surface area contributed by atoms with E-state index in [2.05, 4.69) is 10.3 Å². The zero-order chi connectivity index (χ0) is 13.0. The van der Waals surface area contributed by atoms with Gasteiger partial charge in [-0.1, -0.05) is 6.92 Å². The lowest BCUT2D eigenvalue weighted by molar-refractivity contribution is 0.0696. The topological polar surface area (TPSA) is 88.5 Å². The molecule has 2 rings (SSSR count). The van der Waals surface area contributed by atoms with E-state index < -0.39 is 5.97 Å². The van der Waals surface area contributed by atoms with Crippen molar-refractivity contribution in [3.05, 3.63) is 41.5 Å². The molecule has 6 heteroatoms. The first kappa shape index (κ1) is 12.4. The minimum atomic E-state index is -0.995. The third-order valence-electron chi connectivity index (χ3n) is 2.43. The molecule has 0 radical (unpaired) electrons. The smallest absolute Gasteiger partial charge is 0.338 e. The van der Waals surface area contributed by atoms with Crippen LogP contribution in [0.3, 0.4) is 0 Å². The first-order chi connectivity index (χ1) is 8.69. The second-order valence-corrected chi connectivity index (χ2v) is 3.78. The van der Waals surface area contributed by atoms with Crippen LogP contribution in [0.5, 0.6) is 0 Å². The van der Waals surface area contributed by atoms with E-state index in [-0.39, 0.29) is 5.56 Å². The van der Waals surface area contributed by atoms with E-state index in [0.29, 0.717) is 24.7 Å². The molecule has 6 nitrogen and oxygen atoms in total. The molecule has 0 saturated carbocycles. The SMILES string of the molecule is CCc1cnc(CNCc2cc(C(=O)O)co2)o1. The number of nitrogens with zero attached hydrogens (tertiary/aromatic N) is 1. The van der Waals surface area contributed by atoms with E-state index in [1.807, 2.05) is 6.92 Å². The molecule has 0 saturated heterocycles. The number of hydrogen-bond acceptors (Lipinski definition) is 5. The summed E-state index contributed by atoms with van der Waals surface area (Å²) in [6, 6.07) is 1.49. The number of carbonyl (C=O) groups is 1. The molecule has 0 bridgehead atoms. The minimum absolute atomic E-state index is 0.149. The Balaban J connectivity index is 1.82. The molecule has 0 unspecified atom stereocenters. The zero-order valence-corrected chi connectivity index (χ0v) is 9.97. The van der Waals surface area contributed by atoms with Crippen molar-refractivity contribution in [2.45, 2.75) is 26.4 Å². The van der Waals surface area contributed by atoms with Gasteiger partial charge >= 0.3 is 5.97 Å². The number of aromatic nitrogens is 1. The number of nitrogens with one attached hydrogen (secondary N) is 1. The van der Waals surface area contributed by atoms with Crippen molar-refractivity contribution in [1.82, 2.24) is 10.3 Å². The summed E-state index contributed by atoms with van der Waals surface area (Å²) in [5, 5.41) is 11.8. The van der Waals surface area contributed by atoms with Crippen LogP contribution in [0.15, 0.2) is 27.4 Å². The Labute approximate surface area is 104 Å². The molecule has 0 aromatic carbocycles. The molecule has 0 atom stereocenters. The second-order valence-electron chi connectivity index (χ2n) is 3.78. The molecule has 2 aromatic rings. The highest BCUT2D eigenvalue weighted by atomic mass is 16.4. The second kappa shape index (κ2) is 5.50. The van der Waals surface area contributed by atoms with Gasteiger partial charge in [-0.2, -0.15) is 0 Å². The Hall–Kier alpha value is -2.08. The van der Waals surface area contributed by atoms with E-state index in [9.17, 15) is 4.79 Å². The Morgan fingerprint density at radius 1 is 1.44 bits per heavy atom. The van der Waals surface area contributed by atoms with Crippen LogP contribution in [0.2, 0.25) is 0 Å². The van der Waals surface area contributed by atoms with Gasteiger partial charge in [-0.25, -0.2) is 9.78 Å². The van der Waals surface area contributed by atoms with Gasteiger partial charge in [-0.15, -0.1) is 0 Å². The van der Waals surface area contributed by atoms with Crippen LogP contribution in [-0.2, 0) is 19.5 Å². The molecule has 0 fully saturated rings. The van der Waals surface area contributed by atoms with Crippen molar-refractivity contribution in [3.8, 4) is 0 Å². The van der Waals surface area contributed by atoms with Gasteiger partial charge in [0, 0.05) is 6.42 Å². The van der Waals surface area contributed by atoms with Crippen LogP contribution in [0.25, 0.3) is 0 Å². The predicted octanol–water partition coefficient (Wildman–Crippen LogP) is 1.82. The van der Waals surface area contributed by atoms with Crippen LogP contribution >= 0.6 is 0 Å². The quantitative estimate of drug-likeness (QED) is 0.812. The maximum absolute atomic E-state index is 10.6. The molecule has 0 aliphatic carbocycles. The Bertz CT molecular complexity index is 530. The Morgan fingerprint density at radius 3 is 2.89 bits per heavy atom. The average molecular weight is 250 g/mol. The first-order valence-corrected chi connectivity index (χ1v) is 5.64. The number of aryl methyl sites for hydroxylation is 1. The maximum atomic E-state index is 10.6. The molecule has 0 aliphatic rings. The standard InChI is InChI=1S/C12H14N2O4/c1-2-9-5-14-11(18-9)6-13-4-10-3-8(7-17-10)12(15)16/h3,5,7,13H,2,4,6H2,1H3,(H,15,16). The summed E-state index contributed by atoms with van der Waals surface area (Å²) in [6.07, 6.45) is 3.74. The van der Waals surface area contributed by atoms with Crippen molar-refractivity contribution < 1.29 is 18.7 Å². The highest BCUT2D eigenvalue weighted by Crippen LogP contribution is 2.08. The Kier molecular flexibility index (Phi) is 3.78. The van der Waals surface area contributed by atoms with Gasteiger partial charge in [-0.3, -0.25) is 0 Å². The van der Waals surface area contributed by atoms with Gasteiger partial charge < -0.3 is 19.3 Å². The lowest BCUT2D eigenvalue weighted by Gasteiger charge is -1.98.